The quantitative estimate of drug-likeness (QED) is 0.665. The van der Waals surface area contributed by atoms with Crippen molar-refractivity contribution in [2.24, 2.45) is 0 Å². The highest BCUT2D eigenvalue weighted by Crippen LogP contribution is 2.17. The van der Waals surface area contributed by atoms with Crippen LogP contribution in [0, 0.1) is 13.8 Å². The Morgan fingerprint density at radius 1 is 1.33 bits per heavy atom. The average Bonchev–Trinajstić information content (AvgIpc) is 2.58. The number of aromatic nitrogens is 4. The number of aryl methyl sites for hydroxylation is 2. The van der Waals surface area contributed by atoms with Crippen LogP contribution in [0.3, 0.4) is 0 Å². The summed E-state index contributed by atoms with van der Waals surface area (Å²) in [5, 5.41) is 12.8. The first-order valence-electron chi connectivity index (χ1n) is 3.59. The molecule has 2 heterocycles. The van der Waals surface area contributed by atoms with Crippen LogP contribution in [0.4, 0.5) is 0 Å². The molecular formula is C7H8N4S. The van der Waals surface area contributed by atoms with Gasteiger partial charge in [-0.15, -0.1) is 26.3 Å². The van der Waals surface area contributed by atoms with Gasteiger partial charge in [0.15, 0.2) is 5.82 Å². The molecule has 0 aliphatic heterocycles. The maximum Gasteiger partial charge on any atom is 0.172 e. The maximum atomic E-state index is 4.10. The molecule has 0 N–H and O–H groups in total. The fourth-order valence-corrected chi connectivity index (χ4v) is 1.67. The summed E-state index contributed by atoms with van der Waals surface area (Å²) in [6.45, 7) is 3.88. The third-order valence-electron chi connectivity index (χ3n) is 1.44. The van der Waals surface area contributed by atoms with Gasteiger partial charge < -0.3 is 0 Å². The topological polar surface area (TPSA) is 43.6 Å². The largest absolute Gasteiger partial charge is 0.172 e. The van der Waals surface area contributed by atoms with Gasteiger partial charge in [0.25, 0.3) is 0 Å². The van der Waals surface area contributed by atoms with Crippen LogP contribution in [0.15, 0.2) is 12.1 Å². The second-order valence-electron chi connectivity index (χ2n) is 2.51. The lowest BCUT2D eigenvalue weighted by Gasteiger charge is -1.88. The molecule has 12 heavy (non-hydrogen) atoms. The normalized spacial score (nSPS) is 10.5. The predicted octanol–water partition coefficient (Wildman–Crippen LogP) is 1.34. The van der Waals surface area contributed by atoms with Gasteiger partial charge in [0, 0.05) is 4.88 Å². The van der Waals surface area contributed by atoms with Gasteiger partial charge in [0.05, 0.1) is 0 Å². The molecule has 0 aliphatic carbocycles. The van der Waals surface area contributed by atoms with Gasteiger partial charge in [-0.2, -0.15) is 0 Å². The van der Waals surface area contributed by atoms with Crippen molar-refractivity contribution in [2.75, 3.05) is 0 Å². The lowest BCUT2D eigenvalue weighted by atomic mass is 10.5. The molecule has 2 aromatic rings. The number of thiophene rings is 1. The van der Waals surface area contributed by atoms with E-state index in [4.69, 9.17) is 0 Å². The van der Waals surface area contributed by atoms with E-state index in [1.54, 1.807) is 16.1 Å². The lowest BCUT2D eigenvalue weighted by Crippen LogP contribution is -1.95. The van der Waals surface area contributed by atoms with E-state index in [-0.39, 0.29) is 0 Å². The Morgan fingerprint density at radius 2 is 2.17 bits per heavy atom. The van der Waals surface area contributed by atoms with Crippen LogP contribution in [-0.2, 0) is 0 Å². The molecule has 0 aliphatic rings. The molecule has 0 atom stereocenters. The molecule has 0 unspecified atom stereocenters. The Kier molecular flexibility index (Phi) is 1.65. The number of hydrogen-bond acceptors (Lipinski definition) is 4. The third-order valence-corrected chi connectivity index (χ3v) is 2.40. The Labute approximate surface area is 73.8 Å². The van der Waals surface area contributed by atoms with Gasteiger partial charge >= 0.3 is 0 Å². The van der Waals surface area contributed by atoms with Crippen molar-refractivity contribution in [3.63, 3.8) is 0 Å². The number of tetrazole rings is 1. The van der Waals surface area contributed by atoms with Crippen LogP contribution >= 0.6 is 11.3 Å². The first-order chi connectivity index (χ1) is 5.75. The van der Waals surface area contributed by atoms with E-state index in [0.717, 1.165) is 5.00 Å². The van der Waals surface area contributed by atoms with Crippen LogP contribution in [0.5, 0.6) is 0 Å². The van der Waals surface area contributed by atoms with Crippen LogP contribution in [0.1, 0.15) is 10.7 Å². The fraction of sp³-hybridized carbons (Fsp3) is 0.286. The smallest absolute Gasteiger partial charge is 0.131 e. The molecule has 4 nitrogen and oxygen atoms in total. The van der Waals surface area contributed by atoms with Crippen molar-refractivity contribution >= 4 is 11.3 Å². The molecule has 62 valence electrons. The summed E-state index contributed by atoms with van der Waals surface area (Å²) >= 11 is 1.65. The highest BCUT2D eigenvalue weighted by Gasteiger charge is 2.02. The Hall–Kier alpha value is -1.23. The minimum absolute atomic E-state index is 0.695. The zero-order valence-electron chi connectivity index (χ0n) is 6.85. The monoisotopic (exact) mass is 180 g/mol. The van der Waals surface area contributed by atoms with Gasteiger partial charge in [-0.1, -0.05) is 0 Å². The summed E-state index contributed by atoms with van der Waals surface area (Å²) in [7, 11) is 0. The molecule has 2 aromatic heterocycles. The second-order valence-corrected chi connectivity index (χ2v) is 3.78. The summed E-state index contributed by atoms with van der Waals surface area (Å²) in [6.07, 6.45) is 0. The highest BCUT2D eigenvalue weighted by atomic mass is 32.1. The molecule has 0 saturated carbocycles. The molecule has 0 bridgehead atoms. The first-order valence-corrected chi connectivity index (χ1v) is 4.41. The summed E-state index contributed by atoms with van der Waals surface area (Å²) < 4.78 is 0. The first kappa shape index (κ1) is 7.42. The van der Waals surface area contributed by atoms with Crippen molar-refractivity contribution in [1.29, 1.82) is 0 Å². The van der Waals surface area contributed by atoms with Gasteiger partial charge in [-0.05, 0) is 31.2 Å². The van der Waals surface area contributed by atoms with Gasteiger partial charge in [-0.25, -0.2) is 0 Å². The number of rotatable bonds is 1. The summed E-state index contributed by atoms with van der Waals surface area (Å²) in [6, 6.07) is 4.03. The van der Waals surface area contributed by atoms with Crippen LogP contribution < -0.4 is 0 Å². The Balaban J connectivity index is 2.43. The Bertz CT molecular complexity index is 351. The van der Waals surface area contributed by atoms with E-state index in [0.29, 0.717) is 5.82 Å². The van der Waals surface area contributed by atoms with Crippen molar-refractivity contribution in [2.45, 2.75) is 13.8 Å². The van der Waals surface area contributed by atoms with E-state index >= 15 is 0 Å². The second kappa shape index (κ2) is 2.67. The van der Waals surface area contributed by atoms with E-state index in [9.17, 15) is 0 Å². The van der Waals surface area contributed by atoms with E-state index in [2.05, 4.69) is 22.3 Å². The Morgan fingerprint density at radius 3 is 2.67 bits per heavy atom. The van der Waals surface area contributed by atoms with Gasteiger partial charge in [-0.3, -0.25) is 0 Å². The molecule has 5 heteroatoms. The van der Waals surface area contributed by atoms with E-state index in [1.165, 1.54) is 4.88 Å². The minimum Gasteiger partial charge on any atom is -0.131 e. The maximum absolute atomic E-state index is 4.10. The molecule has 0 saturated heterocycles. The molecular weight excluding hydrogens is 172 g/mol. The van der Waals surface area contributed by atoms with Gasteiger partial charge in [0.2, 0.25) is 0 Å². The molecule has 0 amide bonds. The third kappa shape index (κ3) is 1.23. The summed E-state index contributed by atoms with van der Waals surface area (Å²) in [4.78, 5) is 2.80. The zero-order chi connectivity index (χ0) is 8.55. The molecule has 0 spiro atoms. The minimum atomic E-state index is 0.695. The fourth-order valence-electron chi connectivity index (χ4n) is 0.907. The molecule has 0 radical (unpaired) electrons. The van der Waals surface area contributed by atoms with Crippen molar-refractivity contribution in [1.82, 2.24) is 20.2 Å². The SMILES string of the molecule is Cc1nnn(-c2ccc(C)s2)n1. The van der Waals surface area contributed by atoms with E-state index < -0.39 is 0 Å². The summed E-state index contributed by atoms with van der Waals surface area (Å²) in [5.41, 5.74) is 0. The summed E-state index contributed by atoms with van der Waals surface area (Å²) in [5.74, 6) is 0.695. The predicted molar refractivity (Wildman–Crippen MR) is 46.5 cm³/mol. The van der Waals surface area contributed by atoms with Crippen molar-refractivity contribution < 1.29 is 0 Å². The number of nitrogens with zero attached hydrogens (tertiary/aromatic N) is 4. The molecule has 0 aromatic carbocycles. The van der Waals surface area contributed by atoms with E-state index in [1.807, 2.05) is 19.1 Å². The van der Waals surface area contributed by atoms with Gasteiger partial charge in [0.1, 0.15) is 5.00 Å². The average molecular weight is 180 g/mol. The van der Waals surface area contributed by atoms with Crippen LogP contribution in [0.2, 0.25) is 0 Å². The van der Waals surface area contributed by atoms with Crippen molar-refractivity contribution in [3.8, 4) is 5.00 Å². The van der Waals surface area contributed by atoms with Crippen LogP contribution in [0.25, 0.3) is 5.00 Å². The zero-order valence-corrected chi connectivity index (χ0v) is 7.67. The molecule has 2 rings (SSSR count). The standard InChI is InChI=1S/C7H8N4S/c1-5-3-4-7(12-5)11-9-6(2)8-10-11/h3-4H,1-2H3. The highest BCUT2D eigenvalue weighted by molar-refractivity contribution is 7.14. The number of hydrogen-bond donors (Lipinski definition) is 0. The van der Waals surface area contributed by atoms with Crippen molar-refractivity contribution in [3.05, 3.63) is 22.8 Å². The lowest BCUT2D eigenvalue weighted by molar-refractivity contribution is 0.730. The van der Waals surface area contributed by atoms with Crippen LogP contribution in [-0.4, -0.2) is 20.2 Å². The molecule has 0 fully saturated rings.